The minimum absolute atomic E-state index is 0.00157. The zero-order valence-electron chi connectivity index (χ0n) is 11.4. The molecular formula is C13H20N4OS. The van der Waals surface area contributed by atoms with E-state index in [1.54, 1.807) is 0 Å². The molecule has 5 nitrogen and oxygen atoms in total. The lowest BCUT2D eigenvalue weighted by molar-refractivity contribution is 0.0940. The molecule has 1 saturated heterocycles. The van der Waals surface area contributed by atoms with E-state index in [0.29, 0.717) is 10.9 Å². The Morgan fingerprint density at radius 2 is 2.32 bits per heavy atom. The molecule has 6 heteroatoms. The Morgan fingerprint density at radius 1 is 1.53 bits per heavy atom. The van der Waals surface area contributed by atoms with Crippen molar-refractivity contribution in [1.29, 1.82) is 0 Å². The first-order valence-corrected chi connectivity index (χ1v) is 7.84. The Bertz CT molecular complexity index is 471. The summed E-state index contributed by atoms with van der Waals surface area (Å²) in [5.74, 6) is 0.00157. The van der Waals surface area contributed by atoms with E-state index in [9.17, 15) is 4.79 Å². The molecular weight excluding hydrogens is 260 g/mol. The lowest BCUT2D eigenvalue weighted by Gasteiger charge is -2.19. The van der Waals surface area contributed by atoms with Crippen LogP contribution in [0.1, 0.15) is 48.5 Å². The van der Waals surface area contributed by atoms with E-state index in [1.165, 1.54) is 24.4 Å². The van der Waals surface area contributed by atoms with Crippen molar-refractivity contribution in [1.82, 2.24) is 19.8 Å². The minimum atomic E-state index is 0.00157. The van der Waals surface area contributed by atoms with Crippen molar-refractivity contribution in [2.45, 2.75) is 57.7 Å². The topological polar surface area (TPSA) is 58.1 Å². The van der Waals surface area contributed by atoms with Crippen LogP contribution in [0.2, 0.25) is 0 Å². The van der Waals surface area contributed by atoms with Crippen molar-refractivity contribution in [3.63, 3.8) is 0 Å². The van der Waals surface area contributed by atoms with E-state index in [0.717, 1.165) is 31.1 Å². The summed E-state index contributed by atoms with van der Waals surface area (Å²) in [6, 6.07) is 1.63. The van der Waals surface area contributed by atoms with Gasteiger partial charge in [-0.05, 0) is 44.1 Å². The third-order valence-electron chi connectivity index (χ3n) is 4.07. The summed E-state index contributed by atoms with van der Waals surface area (Å²) < 4.78 is 3.88. The number of aryl methyl sites for hydroxylation is 1. The van der Waals surface area contributed by atoms with Crippen LogP contribution in [0.15, 0.2) is 0 Å². The Kier molecular flexibility index (Phi) is 3.54. The molecule has 0 bridgehead atoms. The van der Waals surface area contributed by atoms with Crippen LogP contribution >= 0.6 is 11.5 Å². The van der Waals surface area contributed by atoms with Gasteiger partial charge in [0, 0.05) is 24.7 Å². The van der Waals surface area contributed by atoms with E-state index >= 15 is 0 Å². The normalized spacial score (nSPS) is 27.7. The van der Waals surface area contributed by atoms with Gasteiger partial charge in [0.25, 0.3) is 5.91 Å². The van der Waals surface area contributed by atoms with Gasteiger partial charge in [-0.3, -0.25) is 9.69 Å². The molecule has 0 aromatic carbocycles. The first kappa shape index (κ1) is 13.0. The number of rotatable bonds is 4. The third-order valence-corrected chi connectivity index (χ3v) is 4.84. The van der Waals surface area contributed by atoms with Crippen molar-refractivity contribution in [2.75, 3.05) is 6.54 Å². The fourth-order valence-corrected chi connectivity index (χ4v) is 3.59. The molecule has 2 aliphatic rings. The Morgan fingerprint density at radius 3 is 3.00 bits per heavy atom. The predicted octanol–water partition coefficient (Wildman–Crippen LogP) is 1.46. The monoisotopic (exact) mass is 280 g/mol. The summed E-state index contributed by atoms with van der Waals surface area (Å²) in [5, 5.41) is 7.14. The molecule has 0 radical (unpaired) electrons. The maximum Gasteiger partial charge on any atom is 0.265 e. The van der Waals surface area contributed by atoms with Crippen LogP contribution in [-0.4, -0.2) is 45.1 Å². The summed E-state index contributed by atoms with van der Waals surface area (Å²) in [6.07, 6.45) is 4.46. The smallest absolute Gasteiger partial charge is 0.265 e. The number of aromatic nitrogens is 2. The van der Waals surface area contributed by atoms with Crippen LogP contribution in [-0.2, 0) is 6.42 Å². The molecule has 2 fully saturated rings. The van der Waals surface area contributed by atoms with Gasteiger partial charge in [-0.15, -0.1) is 5.10 Å². The van der Waals surface area contributed by atoms with Crippen molar-refractivity contribution >= 4 is 17.4 Å². The molecule has 1 aliphatic heterocycles. The molecule has 0 spiro atoms. The molecule has 1 amide bonds. The van der Waals surface area contributed by atoms with Crippen molar-refractivity contribution in [3.8, 4) is 0 Å². The number of carbonyl (C=O) groups excluding carboxylic acids is 1. The zero-order chi connectivity index (χ0) is 13.4. The maximum absolute atomic E-state index is 12.2. The van der Waals surface area contributed by atoms with E-state index < -0.39 is 0 Å². The molecule has 19 heavy (non-hydrogen) atoms. The van der Waals surface area contributed by atoms with Crippen molar-refractivity contribution in [3.05, 3.63) is 10.6 Å². The van der Waals surface area contributed by atoms with Gasteiger partial charge < -0.3 is 5.32 Å². The summed E-state index contributed by atoms with van der Waals surface area (Å²) in [7, 11) is 0. The first-order valence-electron chi connectivity index (χ1n) is 7.06. The summed E-state index contributed by atoms with van der Waals surface area (Å²) >= 11 is 1.20. The van der Waals surface area contributed by atoms with Crippen LogP contribution in [0.4, 0.5) is 0 Å². The highest BCUT2D eigenvalue weighted by atomic mass is 32.1. The Hall–Kier alpha value is -1.01. The highest BCUT2D eigenvalue weighted by Crippen LogP contribution is 2.33. The van der Waals surface area contributed by atoms with Crippen LogP contribution in [0.25, 0.3) is 0 Å². The molecule has 2 atom stereocenters. The van der Waals surface area contributed by atoms with Gasteiger partial charge in [0.2, 0.25) is 0 Å². The number of carbonyl (C=O) groups is 1. The third kappa shape index (κ3) is 2.65. The molecule has 1 aliphatic carbocycles. The number of hydrogen-bond donors (Lipinski definition) is 1. The summed E-state index contributed by atoms with van der Waals surface area (Å²) in [4.78, 5) is 15.5. The predicted molar refractivity (Wildman–Crippen MR) is 74.3 cm³/mol. The molecule has 1 saturated carbocycles. The van der Waals surface area contributed by atoms with Crippen LogP contribution in [0, 0.1) is 0 Å². The lowest BCUT2D eigenvalue weighted by atomic mass is 10.2. The fraction of sp³-hybridized carbons (Fsp3) is 0.769. The standard InChI is InChI=1S/C13H20N4OS/c1-3-11-12(19-16-15-11)13(18)14-9-6-8(2)17(7-9)10-4-5-10/h8-10H,3-7H2,1-2H3,(H,14,18)/t8-,9-/m0/s1. The average Bonchev–Trinajstić information content (AvgIpc) is 2.99. The minimum Gasteiger partial charge on any atom is -0.347 e. The number of nitrogens with zero attached hydrogens (tertiary/aromatic N) is 3. The van der Waals surface area contributed by atoms with Gasteiger partial charge in [-0.2, -0.15) is 0 Å². The zero-order valence-corrected chi connectivity index (χ0v) is 12.2. The first-order chi connectivity index (χ1) is 9.19. The van der Waals surface area contributed by atoms with E-state index in [4.69, 9.17) is 0 Å². The summed E-state index contributed by atoms with van der Waals surface area (Å²) in [6.45, 7) is 5.25. The van der Waals surface area contributed by atoms with E-state index in [1.807, 2.05) is 6.92 Å². The number of hydrogen-bond acceptors (Lipinski definition) is 5. The molecule has 104 valence electrons. The molecule has 1 aromatic rings. The molecule has 0 unspecified atom stereocenters. The highest BCUT2D eigenvalue weighted by molar-refractivity contribution is 7.08. The Labute approximate surface area is 117 Å². The second kappa shape index (κ2) is 5.17. The van der Waals surface area contributed by atoms with E-state index in [2.05, 4.69) is 26.7 Å². The maximum atomic E-state index is 12.2. The van der Waals surface area contributed by atoms with Gasteiger partial charge in [-0.1, -0.05) is 11.4 Å². The Balaban J connectivity index is 1.61. The van der Waals surface area contributed by atoms with Crippen molar-refractivity contribution in [2.24, 2.45) is 0 Å². The molecule has 1 N–H and O–H groups in total. The van der Waals surface area contributed by atoms with E-state index in [-0.39, 0.29) is 11.9 Å². The average molecular weight is 280 g/mol. The highest BCUT2D eigenvalue weighted by Gasteiger charge is 2.39. The summed E-state index contributed by atoms with van der Waals surface area (Å²) in [5.41, 5.74) is 0.813. The number of likely N-dealkylation sites (tertiary alicyclic amines) is 1. The van der Waals surface area contributed by atoms with Gasteiger partial charge in [0.15, 0.2) is 0 Å². The van der Waals surface area contributed by atoms with Gasteiger partial charge in [0.1, 0.15) is 4.88 Å². The second-order valence-electron chi connectivity index (χ2n) is 5.59. The van der Waals surface area contributed by atoms with Gasteiger partial charge in [0.05, 0.1) is 5.69 Å². The van der Waals surface area contributed by atoms with Crippen LogP contribution in [0.3, 0.4) is 0 Å². The molecule has 3 rings (SSSR count). The van der Waals surface area contributed by atoms with Crippen LogP contribution in [0.5, 0.6) is 0 Å². The van der Waals surface area contributed by atoms with Crippen molar-refractivity contribution < 1.29 is 4.79 Å². The van der Waals surface area contributed by atoms with Crippen LogP contribution < -0.4 is 5.32 Å². The number of nitrogens with one attached hydrogen (secondary N) is 1. The quantitative estimate of drug-likeness (QED) is 0.907. The SMILES string of the molecule is CCc1nnsc1C(=O)N[C@H]1C[C@H](C)N(C2CC2)C1. The molecule has 2 heterocycles. The fourth-order valence-electron chi connectivity index (χ4n) is 2.94. The second-order valence-corrected chi connectivity index (χ2v) is 6.34. The largest absolute Gasteiger partial charge is 0.347 e. The van der Waals surface area contributed by atoms with Gasteiger partial charge >= 0.3 is 0 Å². The lowest BCUT2D eigenvalue weighted by Crippen LogP contribution is -2.37. The molecule has 1 aromatic heterocycles. The number of amides is 1. The van der Waals surface area contributed by atoms with Gasteiger partial charge in [-0.25, -0.2) is 0 Å².